The Labute approximate surface area is 93.1 Å². The summed E-state index contributed by atoms with van der Waals surface area (Å²) in [5.41, 5.74) is -0.0921. The molecular weight excluding hydrogens is 268 g/mol. The van der Waals surface area contributed by atoms with Gasteiger partial charge in [0.2, 0.25) is 0 Å². The highest BCUT2D eigenvalue weighted by molar-refractivity contribution is 9.10. The summed E-state index contributed by atoms with van der Waals surface area (Å²) in [5.74, 6) is 0. The van der Waals surface area contributed by atoms with Crippen molar-refractivity contribution in [3.63, 3.8) is 0 Å². The second kappa shape index (κ2) is 4.81. The molecule has 1 rings (SSSR count). The van der Waals surface area contributed by atoms with Crippen molar-refractivity contribution in [2.24, 2.45) is 0 Å². The Bertz CT molecular complexity index is 460. The molecule has 0 aromatic carbocycles. The van der Waals surface area contributed by atoms with Crippen LogP contribution >= 0.6 is 15.9 Å². The van der Waals surface area contributed by atoms with Crippen molar-refractivity contribution in [1.82, 2.24) is 4.98 Å². The molecule has 0 atom stereocenters. The van der Waals surface area contributed by atoms with E-state index in [-0.39, 0.29) is 27.8 Å². The Morgan fingerprint density at radius 3 is 2.60 bits per heavy atom. The lowest BCUT2D eigenvalue weighted by Crippen LogP contribution is -1.99. The standard InChI is InChI=1S/C9H4BrF2N3/c10-8-6(9(11)12)3-5(1-2-13)7(4-14)15-8/h3,9H,1H2. The Balaban J connectivity index is 3.33. The quantitative estimate of drug-likeness (QED) is 0.777. The van der Waals surface area contributed by atoms with Gasteiger partial charge in [0.15, 0.2) is 0 Å². The van der Waals surface area contributed by atoms with Crippen LogP contribution in [-0.4, -0.2) is 4.98 Å². The molecule has 1 heterocycles. The summed E-state index contributed by atoms with van der Waals surface area (Å²) >= 11 is 2.85. The molecule has 0 aliphatic heterocycles. The van der Waals surface area contributed by atoms with Gasteiger partial charge in [0.1, 0.15) is 16.4 Å². The summed E-state index contributed by atoms with van der Waals surface area (Å²) in [6, 6.07) is 4.67. The van der Waals surface area contributed by atoms with Gasteiger partial charge in [0.05, 0.1) is 18.1 Å². The molecular formula is C9H4BrF2N3. The highest BCUT2D eigenvalue weighted by Gasteiger charge is 2.16. The molecule has 0 aliphatic carbocycles. The van der Waals surface area contributed by atoms with Gasteiger partial charge in [-0.2, -0.15) is 10.5 Å². The van der Waals surface area contributed by atoms with Gasteiger partial charge in [-0.1, -0.05) is 0 Å². The van der Waals surface area contributed by atoms with Crippen LogP contribution in [0.2, 0.25) is 0 Å². The number of alkyl halides is 2. The molecule has 0 spiro atoms. The molecule has 0 saturated heterocycles. The van der Waals surface area contributed by atoms with Crippen molar-refractivity contribution < 1.29 is 8.78 Å². The van der Waals surface area contributed by atoms with Crippen molar-refractivity contribution in [3.05, 3.63) is 27.5 Å². The van der Waals surface area contributed by atoms with Crippen molar-refractivity contribution >= 4 is 15.9 Å². The summed E-state index contributed by atoms with van der Waals surface area (Å²) in [5, 5.41) is 17.1. The molecule has 0 amide bonds. The first kappa shape index (κ1) is 11.5. The molecule has 0 unspecified atom stereocenters. The summed E-state index contributed by atoms with van der Waals surface area (Å²) in [6.07, 6.45) is -2.79. The molecule has 0 radical (unpaired) electrons. The maximum Gasteiger partial charge on any atom is 0.266 e. The van der Waals surface area contributed by atoms with E-state index in [1.165, 1.54) is 0 Å². The van der Waals surface area contributed by atoms with Crippen LogP contribution in [0.4, 0.5) is 8.78 Å². The largest absolute Gasteiger partial charge is 0.266 e. The maximum absolute atomic E-state index is 12.4. The number of aromatic nitrogens is 1. The van der Waals surface area contributed by atoms with Crippen LogP contribution in [0.5, 0.6) is 0 Å². The third kappa shape index (κ3) is 2.48. The van der Waals surface area contributed by atoms with Gasteiger partial charge in [0.25, 0.3) is 6.43 Å². The van der Waals surface area contributed by atoms with Gasteiger partial charge < -0.3 is 0 Å². The minimum absolute atomic E-state index is 0.00664. The number of hydrogen-bond acceptors (Lipinski definition) is 3. The van der Waals surface area contributed by atoms with Gasteiger partial charge in [-0.05, 0) is 22.0 Å². The maximum atomic E-state index is 12.4. The summed E-state index contributed by atoms with van der Waals surface area (Å²) in [6.45, 7) is 0. The molecule has 1 aromatic heterocycles. The number of nitriles is 2. The third-order valence-electron chi connectivity index (χ3n) is 1.69. The van der Waals surface area contributed by atoms with Crippen molar-refractivity contribution in [2.45, 2.75) is 12.8 Å². The highest BCUT2D eigenvalue weighted by atomic mass is 79.9. The summed E-state index contributed by atoms with van der Waals surface area (Å²) < 4.78 is 24.8. The molecule has 1 aromatic rings. The average Bonchev–Trinajstić information content (AvgIpc) is 2.20. The Hall–Kier alpha value is -1.53. The molecule has 6 heteroatoms. The topological polar surface area (TPSA) is 60.5 Å². The number of pyridine rings is 1. The second-order valence-corrected chi connectivity index (χ2v) is 3.37. The first-order chi connectivity index (χ1) is 7.10. The minimum Gasteiger partial charge on any atom is -0.229 e. The fraction of sp³-hybridized carbons (Fsp3) is 0.222. The van der Waals surface area contributed by atoms with Gasteiger partial charge >= 0.3 is 0 Å². The predicted octanol–water partition coefficient (Wildman–Crippen LogP) is 2.72. The second-order valence-electron chi connectivity index (χ2n) is 2.62. The zero-order valence-corrected chi connectivity index (χ0v) is 8.92. The van der Waals surface area contributed by atoms with Crippen molar-refractivity contribution in [3.8, 4) is 12.1 Å². The lowest BCUT2D eigenvalue weighted by Gasteiger charge is -2.05. The van der Waals surface area contributed by atoms with E-state index in [0.29, 0.717) is 0 Å². The van der Waals surface area contributed by atoms with E-state index < -0.39 is 6.43 Å². The van der Waals surface area contributed by atoms with E-state index in [1.807, 2.05) is 0 Å². The van der Waals surface area contributed by atoms with E-state index >= 15 is 0 Å². The number of nitrogens with zero attached hydrogens (tertiary/aromatic N) is 3. The van der Waals surface area contributed by atoms with E-state index in [0.717, 1.165) is 6.07 Å². The highest BCUT2D eigenvalue weighted by Crippen LogP contribution is 2.27. The lowest BCUT2D eigenvalue weighted by atomic mass is 10.1. The minimum atomic E-state index is -2.68. The van der Waals surface area contributed by atoms with Crippen LogP contribution < -0.4 is 0 Å². The zero-order chi connectivity index (χ0) is 11.4. The molecule has 15 heavy (non-hydrogen) atoms. The Morgan fingerprint density at radius 1 is 1.47 bits per heavy atom. The number of rotatable bonds is 2. The Morgan fingerprint density at radius 2 is 2.13 bits per heavy atom. The van der Waals surface area contributed by atoms with Crippen LogP contribution in [0.1, 0.15) is 23.2 Å². The third-order valence-corrected chi connectivity index (χ3v) is 2.33. The Kier molecular flexibility index (Phi) is 3.70. The molecule has 76 valence electrons. The molecule has 0 aliphatic rings. The summed E-state index contributed by atoms with van der Waals surface area (Å²) in [4.78, 5) is 3.66. The lowest BCUT2D eigenvalue weighted by molar-refractivity contribution is 0.150. The normalized spacial score (nSPS) is 9.73. The van der Waals surface area contributed by atoms with E-state index in [1.54, 1.807) is 12.1 Å². The zero-order valence-electron chi connectivity index (χ0n) is 7.34. The fourth-order valence-corrected chi connectivity index (χ4v) is 1.48. The van der Waals surface area contributed by atoms with Crippen LogP contribution in [0.15, 0.2) is 10.7 Å². The SMILES string of the molecule is N#CCc1cc(C(F)F)c(Br)nc1C#N. The molecule has 0 N–H and O–H groups in total. The van der Waals surface area contributed by atoms with Gasteiger partial charge in [-0.3, -0.25) is 0 Å². The van der Waals surface area contributed by atoms with Crippen LogP contribution in [0, 0.1) is 22.7 Å². The van der Waals surface area contributed by atoms with Gasteiger partial charge in [-0.15, -0.1) is 0 Å². The molecule has 0 bridgehead atoms. The summed E-state index contributed by atoms with van der Waals surface area (Å²) in [7, 11) is 0. The number of hydrogen-bond donors (Lipinski definition) is 0. The van der Waals surface area contributed by atoms with E-state index in [4.69, 9.17) is 10.5 Å². The van der Waals surface area contributed by atoms with Crippen molar-refractivity contribution in [2.75, 3.05) is 0 Å². The van der Waals surface area contributed by atoms with Gasteiger partial charge in [-0.25, -0.2) is 13.8 Å². The molecule has 0 fully saturated rings. The molecule has 3 nitrogen and oxygen atoms in total. The van der Waals surface area contributed by atoms with Gasteiger partial charge in [0, 0.05) is 5.56 Å². The fourth-order valence-electron chi connectivity index (χ4n) is 1.02. The monoisotopic (exact) mass is 271 g/mol. The molecule has 0 saturated carbocycles. The predicted molar refractivity (Wildman–Crippen MR) is 50.9 cm³/mol. The van der Waals surface area contributed by atoms with Crippen LogP contribution in [-0.2, 0) is 6.42 Å². The van der Waals surface area contributed by atoms with Crippen LogP contribution in [0.3, 0.4) is 0 Å². The van der Waals surface area contributed by atoms with E-state index in [9.17, 15) is 8.78 Å². The number of halogens is 3. The van der Waals surface area contributed by atoms with Crippen molar-refractivity contribution in [1.29, 1.82) is 10.5 Å². The first-order valence-electron chi connectivity index (χ1n) is 3.84. The smallest absolute Gasteiger partial charge is 0.229 e. The first-order valence-corrected chi connectivity index (χ1v) is 4.64. The van der Waals surface area contributed by atoms with E-state index in [2.05, 4.69) is 20.9 Å². The van der Waals surface area contributed by atoms with Crippen LogP contribution in [0.25, 0.3) is 0 Å². The average molecular weight is 272 g/mol.